The lowest BCUT2D eigenvalue weighted by molar-refractivity contribution is 0.669. The van der Waals surface area contributed by atoms with Crippen LogP contribution in [0.3, 0.4) is 0 Å². The van der Waals surface area contributed by atoms with Crippen LogP contribution < -0.4 is 0 Å². The summed E-state index contributed by atoms with van der Waals surface area (Å²) in [6.45, 7) is 0. The molecule has 0 bridgehead atoms. The Labute approximate surface area is 263 Å². The fourth-order valence-corrected chi connectivity index (χ4v) is 6.48. The van der Waals surface area contributed by atoms with Crippen molar-refractivity contribution in [3.05, 3.63) is 145 Å². The van der Waals surface area contributed by atoms with Crippen LogP contribution in [0.2, 0.25) is 5.28 Å². The third-order valence-corrected chi connectivity index (χ3v) is 8.56. The molecule has 0 fully saturated rings. The zero-order chi connectivity index (χ0) is 29.9. The molecule has 6 heteroatoms. The van der Waals surface area contributed by atoms with Crippen molar-refractivity contribution >= 4 is 55.3 Å². The molecule has 0 N–H and O–H groups in total. The molecule has 45 heavy (non-hydrogen) atoms. The molecular weight excluding hydrogens is 576 g/mol. The second kappa shape index (κ2) is 10.2. The highest BCUT2D eigenvalue weighted by Gasteiger charge is 2.16. The molecule has 9 aromatic rings. The minimum Gasteiger partial charge on any atom is -0.456 e. The highest BCUT2D eigenvalue weighted by Crippen LogP contribution is 2.36. The Bertz CT molecular complexity index is 2570. The minimum atomic E-state index is 0.135. The van der Waals surface area contributed by atoms with Crippen molar-refractivity contribution in [1.29, 1.82) is 0 Å². The Morgan fingerprint density at radius 2 is 1.11 bits per heavy atom. The van der Waals surface area contributed by atoms with E-state index in [1.54, 1.807) is 0 Å². The van der Waals surface area contributed by atoms with E-state index in [0.717, 1.165) is 49.8 Å². The maximum absolute atomic E-state index is 6.50. The fraction of sp³-hybridized carbons (Fsp3) is 0. The summed E-state index contributed by atoms with van der Waals surface area (Å²) in [6, 6.07) is 47.9. The average Bonchev–Trinajstić information content (AvgIpc) is 3.63. The highest BCUT2D eigenvalue weighted by atomic mass is 35.5. The molecule has 0 unspecified atom stereocenters. The van der Waals surface area contributed by atoms with Gasteiger partial charge >= 0.3 is 0 Å². The molecule has 0 saturated carbocycles. The molecule has 9 rings (SSSR count). The summed E-state index contributed by atoms with van der Waals surface area (Å²) in [5.74, 6) is 0.992. The van der Waals surface area contributed by atoms with E-state index in [4.69, 9.17) is 21.0 Å². The Morgan fingerprint density at radius 1 is 0.444 bits per heavy atom. The first-order chi connectivity index (χ1) is 22.2. The number of furan rings is 1. The maximum atomic E-state index is 6.50. The SMILES string of the molecule is Clc1nc(-c2cccc(-n3c4ccccc4c4cc(-c5ccccc5)ccc43)c2)nc(-c2ccc3c(c2)oc2ccccc23)n1. The van der Waals surface area contributed by atoms with Crippen LogP contribution in [0.15, 0.2) is 144 Å². The van der Waals surface area contributed by atoms with E-state index in [-0.39, 0.29) is 5.28 Å². The molecule has 5 nitrogen and oxygen atoms in total. The van der Waals surface area contributed by atoms with Gasteiger partial charge in [0.15, 0.2) is 11.6 Å². The van der Waals surface area contributed by atoms with E-state index in [0.29, 0.717) is 11.6 Å². The molecular formula is C39H23ClN4O. The Balaban J connectivity index is 1.16. The average molecular weight is 599 g/mol. The van der Waals surface area contributed by atoms with Crippen molar-refractivity contribution in [3.8, 4) is 39.6 Å². The molecule has 0 radical (unpaired) electrons. The lowest BCUT2D eigenvalue weighted by Gasteiger charge is -2.11. The van der Waals surface area contributed by atoms with Crippen LogP contribution in [0, 0.1) is 0 Å². The normalized spacial score (nSPS) is 11.7. The largest absolute Gasteiger partial charge is 0.456 e. The molecule has 0 saturated heterocycles. The summed E-state index contributed by atoms with van der Waals surface area (Å²) < 4.78 is 8.41. The summed E-state index contributed by atoms with van der Waals surface area (Å²) in [7, 11) is 0. The number of hydrogen-bond donors (Lipinski definition) is 0. The van der Waals surface area contributed by atoms with Crippen molar-refractivity contribution in [3.63, 3.8) is 0 Å². The van der Waals surface area contributed by atoms with Crippen LogP contribution in [-0.4, -0.2) is 19.5 Å². The third-order valence-electron chi connectivity index (χ3n) is 8.39. The number of nitrogens with zero attached hydrogens (tertiary/aromatic N) is 4. The highest BCUT2D eigenvalue weighted by molar-refractivity contribution is 6.28. The van der Waals surface area contributed by atoms with Gasteiger partial charge in [-0.25, -0.2) is 4.98 Å². The summed E-state index contributed by atoms with van der Waals surface area (Å²) in [5.41, 5.74) is 8.91. The van der Waals surface area contributed by atoms with E-state index in [1.165, 1.54) is 21.9 Å². The molecule has 0 spiro atoms. The van der Waals surface area contributed by atoms with E-state index < -0.39 is 0 Å². The fourth-order valence-electron chi connectivity index (χ4n) is 6.32. The Hall–Kier alpha value is -5.78. The van der Waals surface area contributed by atoms with Gasteiger partial charge in [-0.05, 0) is 71.3 Å². The molecule has 6 aromatic carbocycles. The molecule has 0 aliphatic rings. The predicted molar refractivity (Wildman–Crippen MR) is 183 cm³/mol. The van der Waals surface area contributed by atoms with Gasteiger partial charge in [0, 0.05) is 38.4 Å². The second-order valence-electron chi connectivity index (χ2n) is 11.1. The molecule has 3 aromatic heterocycles. The van der Waals surface area contributed by atoms with Gasteiger partial charge in [0.25, 0.3) is 0 Å². The first-order valence-corrected chi connectivity index (χ1v) is 15.1. The number of hydrogen-bond acceptors (Lipinski definition) is 4. The summed E-state index contributed by atoms with van der Waals surface area (Å²) in [5, 5.41) is 4.65. The van der Waals surface area contributed by atoms with Gasteiger partial charge < -0.3 is 8.98 Å². The van der Waals surface area contributed by atoms with Gasteiger partial charge in [0.1, 0.15) is 11.2 Å². The van der Waals surface area contributed by atoms with E-state index in [9.17, 15) is 0 Å². The monoisotopic (exact) mass is 598 g/mol. The maximum Gasteiger partial charge on any atom is 0.226 e. The van der Waals surface area contributed by atoms with Gasteiger partial charge in [-0.15, -0.1) is 0 Å². The molecule has 0 atom stereocenters. The van der Waals surface area contributed by atoms with Crippen LogP contribution in [0.5, 0.6) is 0 Å². The van der Waals surface area contributed by atoms with Gasteiger partial charge in [0.2, 0.25) is 5.28 Å². The molecule has 212 valence electrons. The van der Waals surface area contributed by atoms with Crippen LogP contribution in [0.4, 0.5) is 0 Å². The van der Waals surface area contributed by atoms with Crippen LogP contribution in [0.25, 0.3) is 83.3 Å². The van der Waals surface area contributed by atoms with Crippen molar-refractivity contribution < 1.29 is 4.42 Å². The van der Waals surface area contributed by atoms with Crippen LogP contribution in [0.1, 0.15) is 0 Å². The van der Waals surface area contributed by atoms with Crippen molar-refractivity contribution in [2.75, 3.05) is 0 Å². The van der Waals surface area contributed by atoms with Gasteiger partial charge in [0.05, 0.1) is 11.0 Å². The van der Waals surface area contributed by atoms with Crippen LogP contribution in [-0.2, 0) is 0 Å². The van der Waals surface area contributed by atoms with E-state index >= 15 is 0 Å². The minimum absolute atomic E-state index is 0.135. The Kier molecular flexibility index (Phi) is 5.80. The molecule has 0 aliphatic heterocycles. The van der Waals surface area contributed by atoms with Crippen molar-refractivity contribution in [1.82, 2.24) is 19.5 Å². The number of aromatic nitrogens is 4. The Morgan fingerprint density at radius 3 is 1.98 bits per heavy atom. The van der Waals surface area contributed by atoms with Crippen molar-refractivity contribution in [2.45, 2.75) is 0 Å². The predicted octanol–water partition coefficient (Wildman–Crippen LogP) is 10.5. The number of benzene rings is 6. The van der Waals surface area contributed by atoms with Crippen LogP contribution >= 0.6 is 11.6 Å². The lowest BCUT2D eigenvalue weighted by Crippen LogP contribution is -1.99. The quantitative estimate of drug-likeness (QED) is 0.202. The zero-order valence-corrected chi connectivity index (χ0v) is 24.6. The first kappa shape index (κ1) is 25.7. The second-order valence-corrected chi connectivity index (χ2v) is 11.4. The number of para-hydroxylation sites is 2. The summed E-state index contributed by atoms with van der Waals surface area (Å²) >= 11 is 6.50. The molecule has 0 amide bonds. The van der Waals surface area contributed by atoms with E-state index in [1.807, 2.05) is 54.6 Å². The first-order valence-electron chi connectivity index (χ1n) is 14.7. The smallest absolute Gasteiger partial charge is 0.226 e. The standard InChI is InChI=1S/C39H23ClN4O/c40-39-42-37(41-38(43-39)27-17-19-31-30-14-5-7-16-35(30)45-36(31)23-27)26-11-8-12-28(21-26)44-33-15-6-4-13-29(33)32-22-25(18-20-34(32)44)24-9-2-1-3-10-24/h1-23H. The molecule has 3 heterocycles. The summed E-state index contributed by atoms with van der Waals surface area (Å²) in [4.78, 5) is 13.9. The van der Waals surface area contributed by atoms with Gasteiger partial charge in [-0.2, -0.15) is 9.97 Å². The van der Waals surface area contributed by atoms with Crippen molar-refractivity contribution in [2.24, 2.45) is 0 Å². The van der Waals surface area contributed by atoms with Gasteiger partial charge in [-0.1, -0.05) is 91.0 Å². The number of halogens is 1. The third kappa shape index (κ3) is 4.28. The lowest BCUT2D eigenvalue weighted by atomic mass is 10.0. The van der Waals surface area contributed by atoms with Gasteiger partial charge in [-0.3, -0.25) is 0 Å². The molecule has 0 aliphatic carbocycles. The summed E-state index contributed by atoms with van der Waals surface area (Å²) in [6.07, 6.45) is 0. The number of rotatable bonds is 4. The topological polar surface area (TPSA) is 56.7 Å². The number of fused-ring (bicyclic) bond motifs is 6. The zero-order valence-electron chi connectivity index (χ0n) is 23.9. The van der Waals surface area contributed by atoms with E-state index in [2.05, 4.69) is 99.5 Å².